The lowest BCUT2D eigenvalue weighted by Crippen LogP contribution is -2.39. The number of carbonyl (C=O) groups excluding carboxylic acids is 3. The minimum atomic E-state index is -0.542. The number of hydrogen-bond donors (Lipinski definition) is 5. The summed E-state index contributed by atoms with van der Waals surface area (Å²) < 4.78 is 7.92. The fourth-order valence-electron chi connectivity index (χ4n) is 7.67. The van der Waals surface area contributed by atoms with Gasteiger partial charge in [-0.1, -0.05) is 26.0 Å². The summed E-state index contributed by atoms with van der Waals surface area (Å²) in [4.78, 5) is 52.2. The maximum absolute atomic E-state index is 12.9. The van der Waals surface area contributed by atoms with Crippen LogP contribution in [0.1, 0.15) is 106 Å². The monoisotopic (exact) mass is 956 g/mol. The summed E-state index contributed by atoms with van der Waals surface area (Å²) in [6, 6.07) is 13.5. The third-order valence-corrected chi connectivity index (χ3v) is 16.0. The Kier molecular flexibility index (Phi) is 16.1. The van der Waals surface area contributed by atoms with Gasteiger partial charge in [-0.05, 0) is 127 Å². The van der Waals surface area contributed by atoms with E-state index in [0.717, 1.165) is 84.1 Å². The summed E-state index contributed by atoms with van der Waals surface area (Å²) in [5.41, 5.74) is 8.50. The van der Waals surface area contributed by atoms with Gasteiger partial charge in [-0.15, -0.1) is 45.3 Å². The van der Waals surface area contributed by atoms with Crippen LogP contribution in [0.3, 0.4) is 0 Å². The number of nitrogens with zero attached hydrogens (tertiary/aromatic N) is 3. The number of benzene rings is 2. The van der Waals surface area contributed by atoms with E-state index in [1.165, 1.54) is 31.8 Å². The molecule has 8 rings (SSSR count). The molecule has 2 aromatic carbocycles. The Morgan fingerprint density at radius 3 is 1.77 bits per heavy atom. The van der Waals surface area contributed by atoms with Gasteiger partial charge in [0.05, 0.1) is 27.0 Å². The summed E-state index contributed by atoms with van der Waals surface area (Å²) in [5, 5.41) is 20.3. The second-order valence-corrected chi connectivity index (χ2v) is 22.4. The van der Waals surface area contributed by atoms with Crippen molar-refractivity contribution in [2.24, 2.45) is 0 Å². The van der Waals surface area contributed by atoms with Crippen LogP contribution in [-0.2, 0) is 40.3 Å². The molecule has 0 bridgehead atoms. The van der Waals surface area contributed by atoms with E-state index in [1.54, 1.807) is 50.2 Å². The predicted octanol–water partition coefficient (Wildman–Crippen LogP) is 11.0. The molecule has 2 aliphatic heterocycles. The highest BCUT2D eigenvalue weighted by Crippen LogP contribution is 2.47. The number of rotatable bonds is 14. The molecule has 0 aliphatic carbocycles. The van der Waals surface area contributed by atoms with E-state index in [0.29, 0.717) is 57.5 Å². The number of aromatic nitrogens is 2. The first-order chi connectivity index (χ1) is 31.1. The van der Waals surface area contributed by atoms with Crippen LogP contribution in [0, 0.1) is 13.8 Å². The maximum atomic E-state index is 12.9. The number of nitrogens with one attached hydrogen (secondary N) is 5. The van der Waals surface area contributed by atoms with Crippen molar-refractivity contribution in [1.29, 1.82) is 0 Å². The van der Waals surface area contributed by atoms with E-state index >= 15 is 0 Å². The molecule has 0 radical (unpaired) electrons. The molecule has 0 fully saturated rings. The number of carbonyl (C=O) groups is 3. The Morgan fingerprint density at radius 2 is 1.26 bits per heavy atom. The Morgan fingerprint density at radius 1 is 0.754 bits per heavy atom. The predicted molar refractivity (Wildman–Crippen MR) is 273 cm³/mol. The van der Waals surface area contributed by atoms with E-state index in [9.17, 15) is 14.4 Å². The number of anilines is 2. The number of ether oxygens (including phenoxy) is 1. The first-order valence-corrected chi connectivity index (χ1v) is 26.1. The average Bonchev–Trinajstić information content (AvgIpc) is 4.04. The van der Waals surface area contributed by atoms with Crippen LogP contribution >= 0.6 is 45.3 Å². The molecule has 65 heavy (non-hydrogen) atoms. The van der Waals surface area contributed by atoms with E-state index < -0.39 is 5.60 Å². The van der Waals surface area contributed by atoms with Crippen molar-refractivity contribution in [3.8, 4) is 21.1 Å². The highest BCUT2D eigenvalue weighted by Gasteiger charge is 2.32. The number of thiazole rings is 2. The van der Waals surface area contributed by atoms with Gasteiger partial charge in [0, 0.05) is 72.0 Å². The molecule has 6 aromatic rings. The lowest BCUT2D eigenvalue weighted by Gasteiger charge is -2.30. The molecule has 2 aliphatic rings. The first kappa shape index (κ1) is 48.6. The molecule has 16 heteroatoms. The summed E-state index contributed by atoms with van der Waals surface area (Å²) in [7, 11) is 0. The summed E-state index contributed by atoms with van der Waals surface area (Å²) in [6.07, 6.45) is 4.32. The van der Waals surface area contributed by atoms with E-state index in [4.69, 9.17) is 14.7 Å². The molecule has 0 saturated heterocycles. The summed E-state index contributed by atoms with van der Waals surface area (Å²) in [5.74, 6) is 0.0390. The van der Waals surface area contributed by atoms with Crippen LogP contribution in [0.25, 0.3) is 41.6 Å². The van der Waals surface area contributed by atoms with Crippen LogP contribution in [0.15, 0.2) is 36.4 Å². The van der Waals surface area contributed by atoms with Crippen molar-refractivity contribution in [3.05, 3.63) is 68.4 Å². The number of fused-ring (bicyclic) bond motifs is 4. The fraction of sp³-hybridized carbons (Fsp3) is 0.490. The Labute approximate surface area is 399 Å². The number of hydrogen-bond acceptors (Lipinski definition) is 13. The second kappa shape index (κ2) is 21.6. The van der Waals surface area contributed by atoms with Crippen molar-refractivity contribution < 1.29 is 19.1 Å². The zero-order valence-electron chi connectivity index (χ0n) is 39.2. The third kappa shape index (κ3) is 12.4. The van der Waals surface area contributed by atoms with Gasteiger partial charge < -0.3 is 36.2 Å². The Hall–Kier alpha value is -4.29. The first-order valence-electron chi connectivity index (χ1n) is 22.9. The standard InChI is InChI=1S/C27H36N4O3S2.C22H28N4OS2/c1-7-17(3)28-12-10-22(32)30-25-23(24-29-19-14-16(2)8-9-20(19)35-24)18-11-13-31(15-21(18)36-25)26(33)34-27(4,5)6;1-4-14(3)24-10-8-19(27)26-22-20(15-7-9-23-12-18(15)29-22)21-25-16-11-13(2)5-6-17(16)28-21/h8-9,14,17,28H,7,10-13,15H2,1-6H3,(H,30,32);5-6,11,14,23-24H,4,7-10,12H2,1-3H3,(H,26,27)/t17-;14-/m11/s1. The van der Waals surface area contributed by atoms with E-state index in [2.05, 4.69) is 105 Å². The van der Waals surface area contributed by atoms with Crippen molar-refractivity contribution in [3.63, 3.8) is 0 Å². The molecule has 5 N–H and O–H groups in total. The van der Waals surface area contributed by atoms with Crippen LogP contribution in [0.2, 0.25) is 0 Å². The molecule has 12 nitrogen and oxygen atoms in total. The second-order valence-electron chi connectivity index (χ2n) is 18.1. The minimum Gasteiger partial charge on any atom is -0.444 e. The molecule has 6 heterocycles. The van der Waals surface area contributed by atoms with Crippen molar-refractivity contribution in [2.45, 2.75) is 132 Å². The SMILES string of the molecule is CC[C@@H](C)NCCC(=O)Nc1sc2c(c1-c1nc3cc(C)ccc3s1)CCN(C(=O)OC(C)(C)C)C2.CC[C@@H](C)NCCC(=O)Nc1sc2c(c1-c1nc3cc(C)ccc3s1)CCNC2. The molecule has 0 saturated carbocycles. The van der Waals surface area contributed by atoms with Crippen LogP contribution in [-0.4, -0.2) is 76.6 Å². The lowest BCUT2D eigenvalue weighted by atomic mass is 10.0. The van der Waals surface area contributed by atoms with Gasteiger partial charge in [-0.25, -0.2) is 14.8 Å². The normalized spacial score (nSPS) is 14.6. The Bertz CT molecular complexity index is 2640. The quantitative estimate of drug-likeness (QED) is 0.0719. The van der Waals surface area contributed by atoms with Crippen LogP contribution < -0.4 is 26.6 Å². The Balaban J connectivity index is 0.000000198. The van der Waals surface area contributed by atoms with Gasteiger partial charge in [0.15, 0.2) is 0 Å². The zero-order chi connectivity index (χ0) is 46.4. The van der Waals surface area contributed by atoms with Gasteiger partial charge >= 0.3 is 6.09 Å². The molecule has 2 atom stereocenters. The fourth-order valence-corrected chi connectivity index (χ4v) is 12.4. The highest BCUT2D eigenvalue weighted by molar-refractivity contribution is 7.23. The zero-order valence-corrected chi connectivity index (χ0v) is 42.5. The van der Waals surface area contributed by atoms with Gasteiger partial charge in [0.1, 0.15) is 25.6 Å². The maximum Gasteiger partial charge on any atom is 0.410 e. The van der Waals surface area contributed by atoms with Crippen molar-refractivity contribution >= 4 is 93.7 Å². The van der Waals surface area contributed by atoms with E-state index in [-0.39, 0.29) is 17.9 Å². The number of thiophene rings is 2. The molecule has 0 unspecified atom stereocenters. The average molecular weight is 957 g/mol. The third-order valence-electron chi connectivity index (χ3n) is 11.6. The van der Waals surface area contributed by atoms with Crippen molar-refractivity contribution in [2.75, 3.05) is 36.8 Å². The van der Waals surface area contributed by atoms with Crippen molar-refractivity contribution in [1.82, 2.24) is 30.8 Å². The highest BCUT2D eigenvalue weighted by atomic mass is 32.1. The molecule has 0 spiro atoms. The molecule has 4 aromatic heterocycles. The molecule has 348 valence electrons. The lowest BCUT2D eigenvalue weighted by molar-refractivity contribution is -0.116. The summed E-state index contributed by atoms with van der Waals surface area (Å²) >= 11 is 6.60. The van der Waals surface area contributed by atoms with E-state index in [1.807, 2.05) is 20.8 Å². The van der Waals surface area contributed by atoms with Crippen LogP contribution in [0.4, 0.5) is 14.8 Å². The number of amides is 3. The van der Waals surface area contributed by atoms with Crippen LogP contribution in [0.5, 0.6) is 0 Å². The molecular weight excluding hydrogens is 893 g/mol. The largest absolute Gasteiger partial charge is 0.444 e. The van der Waals surface area contributed by atoms with Gasteiger partial charge in [0.2, 0.25) is 11.8 Å². The summed E-state index contributed by atoms with van der Waals surface area (Å²) in [6.45, 7) is 22.5. The number of aryl methyl sites for hydroxylation is 2. The molecular formula is C49H64N8O4S4. The van der Waals surface area contributed by atoms with Gasteiger partial charge in [-0.2, -0.15) is 0 Å². The topological polar surface area (TPSA) is 150 Å². The van der Waals surface area contributed by atoms with Gasteiger partial charge in [0.25, 0.3) is 0 Å². The minimum absolute atomic E-state index is 0.0217. The smallest absolute Gasteiger partial charge is 0.410 e. The molecule has 3 amide bonds. The van der Waals surface area contributed by atoms with Gasteiger partial charge in [-0.3, -0.25) is 9.59 Å².